The zero-order valence-corrected chi connectivity index (χ0v) is 25.9. The number of benzene rings is 3. The van der Waals surface area contributed by atoms with E-state index >= 15 is 0 Å². The predicted molar refractivity (Wildman–Crippen MR) is 165 cm³/mol. The quantitative estimate of drug-likeness (QED) is 0.270. The van der Waals surface area contributed by atoms with E-state index < -0.39 is 38.2 Å². The molecule has 236 valence electrons. The van der Waals surface area contributed by atoms with Gasteiger partial charge in [0.15, 0.2) is 0 Å². The molecule has 4 rings (SSSR count). The van der Waals surface area contributed by atoms with E-state index in [0.29, 0.717) is 17.9 Å². The van der Waals surface area contributed by atoms with Crippen LogP contribution in [0.25, 0.3) is 0 Å². The average Bonchev–Trinajstić information content (AvgIpc) is 3.03. The number of morpholine rings is 1. The van der Waals surface area contributed by atoms with Gasteiger partial charge in [-0.25, -0.2) is 17.9 Å². The highest BCUT2D eigenvalue weighted by molar-refractivity contribution is 7.91. The van der Waals surface area contributed by atoms with Crippen LogP contribution in [0.15, 0.2) is 83.8 Å². The number of rotatable bonds is 12. The number of sulfonamides is 1. The Morgan fingerprint density at radius 3 is 2.30 bits per heavy atom. The maximum atomic E-state index is 13.5. The number of carbonyl (C=O) groups excluding carboxylic acids is 2. The van der Waals surface area contributed by atoms with Crippen molar-refractivity contribution < 1.29 is 35.9 Å². The number of hydrogen-bond acceptors (Lipinski definition) is 8. The SMILES string of the molecule is COc1ccc(N(C)C(=O)[C@H](CCc2ccccc2)NC(=O)NS(=O)(=O)Nc2cccc(S(=O)(=O)N3CCOCC3)c2)cc1. The first kappa shape index (κ1) is 32.7. The molecule has 3 N–H and O–H groups in total. The van der Waals surface area contributed by atoms with E-state index in [-0.39, 0.29) is 43.3 Å². The maximum absolute atomic E-state index is 13.5. The third-order valence-corrected chi connectivity index (χ3v) is 9.73. The second-order valence-corrected chi connectivity index (χ2v) is 13.3. The van der Waals surface area contributed by atoms with Crippen molar-refractivity contribution in [1.29, 1.82) is 0 Å². The molecule has 1 atom stereocenters. The molecular formula is C29H35N5O8S2. The van der Waals surface area contributed by atoms with Crippen molar-refractivity contribution in [3.8, 4) is 5.75 Å². The molecule has 0 aliphatic carbocycles. The fourth-order valence-corrected chi connectivity index (χ4v) is 6.77. The van der Waals surface area contributed by atoms with Crippen LogP contribution >= 0.6 is 0 Å². The van der Waals surface area contributed by atoms with Gasteiger partial charge in [0, 0.05) is 25.8 Å². The van der Waals surface area contributed by atoms with Gasteiger partial charge in [0.25, 0.3) is 0 Å². The summed E-state index contributed by atoms with van der Waals surface area (Å²) >= 11 is 0. The molecule has 3 aromatic rings. The van der Waals surface area contributed by atoms with Gasteiger partial charge in [-0.2, -0.15) is 12.7 Å². The first-order valence-electron chi connectivity index (χ1n) is 13.7. The molecule has 1 aliphatic heterocycles. The first-order chi connectivity index (χ1) is 21.0. The van der Waals surface area contributed by atoms with Crippen molar-refractivity contribution in [1.82, 2.24) is 14.3 Å². The Bertz CT molecular complexity index is 1650. The molecule has 1 aliphatic rings. The molecule has 0 saturated carbocycles. The summed E-state index contributed by atoms with van der Waals surface area (Å²) in [6, 6.07) is 19.1. The molecule has 3 amide bonds. The monoisotopic (exact) mass is 645 g/mol. The van der Waals surface area contributed by atoms with Crippen LogP contribution in [-0.4, -0.2) is 79.6 Å². The zero-order valence-electron chi connectivity index (χ0n) is 24.3. The van der Waals surface area contributed by atoms with Crippen molar-refractivity contribution in [2.45, 2.75) is 23.8 Å². The van der Waals surface area contributed by atoms with Crippen LogP contribution in [0.3, 0.4) is 0 Å². The maximum Gasteiger partial charge on any atom is 0.330 e. The molecule has 44 heavy (non-hydrogen) atoms. The van der Waals surface area contributed by atoms with Crippen LogP contribution in [0.2, 0.25) is 0 Å². The Morgan fingerprint density at radius 1 is 0.955 bits per heavy atom. The van der Waals surface area contributed by atoms with Crippen LogP contribution in [-0.2, 0) is 36.2 Å². The number of nitrogens with zero attached hydrogens (tertiary/aromatic N) is 2. The summed E-state index contributed by atoms with van der Waals surface area (Å²) in [7, 11) is -5.32. The summed E-state index contributed by atoms with van der Waals surface area (Å²) < 4.78 is 67.3. The lowest BCUT2D eigenvalue weighted by molar-refractivity contribution is -0.120. The molecular weight excluding hydrogens is 610 g/mol. The summed E-state index contributed by atoms with van der Waals surface area (Å²) in [6.07, 6.45) is 0.620. The van der Waals surface area contributed by atoms with Crippen LogP contribution < -0.4 is 24.4 Å². The molecule has 1 heterocycles. The lowest BCUT2D eigenvalue weighted by atomic mass is 10.0. The van der Waals surface area contributed by atoms with Gasteiger partial charge in [0.2, 0.25) is 15.9 Å². The topological polar surface area (TPSA) is 163 Å². The summed E-state index contributed by atoms with van der Waals surface area (Å²) in [5.41, 5.74) is 1.40. The van der Waals surface area contributed by atoms with Gasteiger partial charge in [-0.05, 0) is 60.9 Å². The number of aryl methyl sites for hydroxylation is 1. The van der Waals surface area contributed by atoms with Gasteiger partial charge < -0.3 is 19.7 Å². The highest BCUT2D eigenvalue weighted by Gasteiger charge is 2.28. The fourth-order valence-electron chi connectivity index (χ4n) is 4.53. The van der Waals surface area contributed by atoms with Gasteiger partial charge in [-0.3, -0.25) is 9.52 Å². The van der Waals surface area contributed by atoms with Gasteiger partial charge in [-0.1, -0.05) is 36.4 Å². The van der Waals surface area contributed by atoms with Crippen LogP contribution in [0.1, 0.15) is 12.0 Å². The Kier molecular flexibility index (Phi) is 10.8. The lowest BCUT2D eigenvalue weighted by Crippen LogP contribution is -2.52. The lowest BCUT2D eigenvalue weighted by Gasteiger charge is -2.26. The van der Waals surface area contributed by atoms with Gasteiger partial charge in [0.1, 0.15) is 11.8 Å². The minimum absolute atomic E-state index is 0.0735. The normalized spacial score (nSPS) is 14.7. The van der Waals surface area contributed by atoms with Crippen molar-refractivity contribution >= 4 is 43.5 Å². The predicted octanol–water partition coefficient (Wildman–Crippen LogP) is 2.34. The number of methoxy groups -OCH3 is 1. The molecule has 1 fully saturated rings. The Labute approximate surface area is 257 Å². The number of amides is 3. The highest BCUT2D eigenvalue weighted by Crippen LogP contribution is 2.22. The molecule has 0 unspecified atom stereocenters. The molecule has 15 heteroatoms. The number of hydrogen-bond donors (Lipinski definition) is 3. The molecule has 1 saturated heterocycles. The fraction of sp³-hybridized carbons (Fsp3) is 0.310. The summed E-state index contributed by atoms with van der Waals surface area (Å²) in [4.78, 5) is 27.6. The van der Waals surface area contributed by atoms with E-state index in [4.69, 9.17) is 9.47 Å². The zero-order chi connectivity index (χ0) is 31.7. The van der Waals surface area contributed by atoms with E-state index in [0.717, 1.165) is 11.6 Å². The first-order valence-corrected chi connectivity index (χ1v) is 16.7. The van der Waals surface area contributed by atoms with Crippen LogP contribution in [0.5, 0.6) is 5.75 Å². The van der Waals surface area contributed by atoms with Crippen molar-refractivity contribution in [3.63, 3.8) is 0 Å². The minimum atomic E-state index is -4.52. The highest BCUT2D eigenvalue weighted by atomic mass is 32.2. The largest absolute Gasteiger partial charge is 0.497 e. The second kappa shape index (κ2) is 14.5. The number of likely N-dealkylation sites (N-methyl/N-ethyl adjacent to an activating group) is 1. The third kappa shape index (κ3) is 8.69. The van der Waals surface area contributed by atoms with Crippen molar-refractivity contribution in [2.24, 2.45) is 0 Å². The number of urea groups is 1. The number of nitrogens with one attached hydrogen (secondary N) is 3. The van der Waals surface area contributed by atoms with E-state index in [1.807, 2.05) is 35.1 Å². The number of ether oxygens (including phenoxy) is 2. The summed E-state index contributed by atoms with van der Waals surface area (Å²) in [5, 5.41) is 2.48. The molecule has 0 spiro atoms. The van der Waals surface area contributed by atoms with E-state index in [9.17, 15) is 26.4 Å². The van der Waals surface area contributed by atoms with E-state index in [1.54, 1.807) is 31.3 Å². The summed E-state index contributed by atoms with van der Waals surface area (Å²) in [5.74, 6) is 0.141. The standard InChI is InChI=1S/C29H35N5O8S2/c1-33(24-12-14-25(41-2)15-13-24)28(35)27(16-11-22-7-4-3-5-8-22)30-29(36)32-44(39,40)31-23-9-6-10-26(21-23)43(37,38)34-17-19-42-20-18-34/h3-10,12-15,21,27,31H,11,16-20H2,1-2H3,(H2,30,32,36)/t27-/m0/s1. The van der Waals surface area contributed by atoms with Gasteiger partial charge >= 0.3 is 16.2 Å². The van der Waals surface area contributed by atoms with E-state index in [2.05, 4.69) is 10.0 Å². The van der Waals surface area contributed by atoms with Crippen molar-refractivity contribution in [3.05, 3.63) is 84.4 Å². The van der Waals surface area contributed by atoms with E-state index in [1.165, 1.54) is 34.5 Å². The smallest absolute Gasteiger partial charge is 0.330 e. The Morgan fingerprint density at radius 2 is 1.64 bits per heavy atom. The number of anilines is 2. The minimum Gasteiger partial charge on any atom is -0.497 e. The Balaban J connectivity index is 1.45. The van der Waals surface area contributed by atoms with Crippen LogP contribution in [0.4, 0.5) is 16.2 Å². The van der Waals surface area contributed by atoms with Gasteiger partial charge in [0.05, 0.1) is 30.9 Å². The molecule has 13 nitrogen and oxygen atoms in total. The average molecular weight is 646 g/mol. The second-order valence-electron chi connectivity index (χ2n) is 9.90. The number of carbonyl (C=O) groups is 2. The third-order valence-electron chi connectivity index (χ3n) is 6.88. The Hall–Kier alpha value is -4.18. The summed E-state index contributed by atoms with van der Waals surface area (Å²) in [6.45, 7) is 0.875. The van der Waals surface area contributed by atoms with Gasteiger partial charge in [-0.15, -0.1) is 0 Å². The molecule has 0 bridgehead atoms. The van der Waals surface area contributed by atoms with Crippen molar-refractivity contribution in [2.75, 3.05) is 50.1 Å². The molecule has 3 aromatic carbocycles. The molecule has 0 radical (unpaired) electrons. The van der Waals surface area contributed by atoms with Crippen LogP contribution in [0, 0.1) is 0 Å². The molecule has 0 aromatic heterocycles.